The maximum Gasteiger partial charge on any atom is 0.239 e. The smallest absolute Gasteiger partial charge is 0.239 e. The molecule has 5 nitrogen and oxygen atoms in total. The number of amides is 1. The van der Waals surface area contributed by atoms with E-state index < -0.39 is 0 Å². The molecule has 0 saturated carbocycles. The number of aliphatic imine (C=N–C) groups is 1. The van der Waals surface area contributed by atoms with Gasteiger partial charge in [0.15, 0.2) is 5.96 Å². The molecule has 2 aromatic carbocycles. The first-order chi connectivity index (χ1) is 13.1. The van der Waals surface area contributed by atoms with Crippen molar-refractivity contribution in [1.82, 2.24) is 16.0 Å². The molecule has 0 aliphatic heterocycles. The maximum atomic E-state index is 12.0. The summed E-state index contributed by atoms with van der Waals surface area (Å²) >= 11 is 0. The summed E-state index contributed by atoms with van der Waals surface area (Å²) in [6.45, 7) is 5.82. The fourth-order valence-electron chi connectivity index (χ4n) is 2.98. The molecule has 3 N–H and O–H groups in total. The maximum absolute atomic E-state index is 12.0. The molecule has 0 bridgehead atoms. The van der Waals surface area contributed by atoms with Crippen molar-refractivity contribution in [1.29, 1.82) is 0 Å². The fourth-order valence-corrected chi connectivity index (χ4v) is 2.98. The number of carbonyl (C=O) groups is 1. The summed E-state index contributed by atoms with van der Waals surface area (Å²) in [4.78, 5) is 16.1. The van der Waals surface area contributed by atoms with Crippen molar-refractivity contribution in [2.24, 2.45) is 4.99 Å². The molecular weight excluding hydrogens is 336 g/mol. The van der Waals surface area contributed by atoms with Crippen molar-refractivity contribution in [2.75, 3.05) is 26.7 Å². The minimum Gasteiger partial charge on any atom is -0.356 e. The van der Waals surface area contributed by atoms with Gasteiger partial charge in [0.05, 0.1) is 6.54 Å². The van der Waals surface area contributed by atoms with Gasteiger partial charge in [0.1, 0.15) is 0 Å². The number of carbonyl (C=O) groups excluding carboxylic acids is 1. The van der Waals surface area contributed by atoms with Gasteiger partial charge in [0.2, 0.25) is 5.91 Å². The standard InChI is InChI=1S/C22H30N4O/c1-17-13-18(2)15-20(14-17)10-12-25-22(23-3)26-16-21(27)24-11-9-19-7-5-4-6-8-19/h4-8,13-15H,9-12,16H2,1-3H3,(H,24,27)(H2,23,25,26). The topological polar surface area (TPSA) is 65.5 Å². The Kier molecular flexibility index (Phi) is 8.36. The number of nitrogens with one attached hydrogen (secondary N) is 3. The van der Waals surface area contributed by atoms with E-state index in [4.69, 9.17) is 0 Å². The molecule has 0 aliphatic rings. The van der Waals surface area contributed by atoms with Gasteiger partial charge >= 0.3 is 0 Å². The van der Waals surface area contributed by atoms with Crippen molar-refractivity contribution in [3.05, 3.63) is 70.8 Å². The van der Waals surface area contributed by atoms with Crippen molar-refractivity contribution < 1.29 is 4.79 Å². The molecule has 0 fully saturated rings. The molecule has 27 heavy (non-hydrogen) atoms. The van der Waals surface area contributed by atoms with Crippen LogP contribution in [0.5, 0.6) is 0 Å². The zero-order chi connectivity index (χ0) is 19.5. The normalized spacial score (nSPS) is 11.1. The highest BCUT2D eigenvalue weighted by atomic mass is 16.1. The summed E-state index contributed by atoms with van der Waals surface area (Å²) in [5.41, 5.74) is 5.07. The Labute approximate surface area is 162 Å². The van der Waals surface area contributed by atoms with Crippen LogP contribution >= 0.6 is 0 Å². The molecule has 0 spiro atoms. The average molecular weight is 367 g/mol. The van der Waals surface area contributed by atoms with E-state index in [9.17, 15) is 4.79 Å². The molecule has 1 amide bonds. The summed E-state index contributed by atoms with van der Waals surface area (Å²) in [5, 5.41) is 9.23. The van der Waals surface area contributed by atoms with Crippen LogP contribution in [0.2, 0.25) is 0 Å². The van der Waals surface area contributed by atoms with Crippen LogP contribution in [0.15, 0.2) is 53.5 Å². The first-order valence-electron chi connectivity index (χ1n) is 9.39. The van der Waals surface area contributed by atoms with Crippen LogP contribution in [0.1, 0.15) is 22.3 Å². The summed E-state index contributed by atoms with van der Waals surface area (Å²) in [6, 6.07) is 16.7. The van der Waals surface area contributed by atoms with Gasteiger partial charge in [-0.15, -0.1) is 0 Å². The van der Waals surface area contributed by atoms with Gasteiger partial charge in [0, 0.05) is 20.1 Å². The predicted octanol–water partition coefficient (Wildman–Crippen LogP) is 2.37. The monoisotopic (exact) mass is 366 g/mol. The number of nitrogens with zero attached hydrogens (tertiary/aromatic N) is 1. The average Bonchev–Trinajstić information content (AvgIpc) is 2.64. The molecule has 0 atom stereocenters. The number of rotatable bonds is 8. The Morgan fingerprint density at radius 3 is 2.15 bits per heavy atom. The van der Waals surface area contributed by atoms with Crippen LogP contribution in [0, 0.1) is 13.8 Å². The SMILES string of the molecule is CN=C(NCCc1cc(C)cc(C)c1)NCC(=O)NCCc1ccccc1. The van der Waals surface area contributed by atoms with Gasteiger partial charge in [0.25, 0.3) is 0 Å². The van der Waals surface area contributed by atoms with E-state index in [1.165, 1.54) is 22.3 Å². The lowest BCUT2D eigenvalue weighted by Gasteiger charge is -2.12. The highest BCUT2D eigenvalue weighted by molar-refractivity contribution is 5.86. The summed E-state index contributed by atoms with van der Waals surface area (Å²) in [6.07, 6.45) is 1.74. The van der Waals surface area contributed by atoms with Gasteiger partial charge in [-0.3, -0.25) is 9.79 Å². The van der Waals surface area contributed by atoms with E-state index in [1.54, 1.807) is 7.05 Å². The predicted molar refractivity (Wildman–Crippen MR) is 112 cm³/mol. The number of hydrogen-bond donors (Lipinski definition) is 3. The lowest BCUT2D eigenvalue weighted by molar-refractivity contribution is -0.119. The molecule has 0 radical (unpaired) electrons. The quantitative estimate of drug-likeness (QED) is 0.496. The second-order valence-electron chi connectivity index (χ2n) is 6.68. The minimum absolute atomic E-state index is 0.0387. The van der Waals surface area contributed by atoms with Crippen molar-refractivity contribution in [2.45, 2.75) is 26.7 Å². The number of benzene rings is 2. The first kappa shape index (κ1) is 20.5. The number of aryl methyl sites for hydroxylation is 2. The minimum atomic E-state index is -0.0387. The van der Waals surface area contributed by atoms with Crippen LogP contribution in [0.4, 0.5) is 0 Å². The third-order valence-corrected chi connectivity index (χ3v) is 4.21. The fraction of sp³-hybridized carbons (Fsp3) is 0.364. The molecule has 0 aromatic heterocycles. The van der Waals surface area contributed by atoms with E-state index in [1.807, 2.05) is 18.2 Å². The second-order valence-corrected chi connectivity index (χ2v) is 6.68. The Morgan fingerprint density at radius 1 is 0.852 bits per heavy atom. The molecule has 2 aromatic rings. The molecule has 0 saturated heterocycles. The van der Waals surface area contributed by atoms with Crippen molar-refractivity contribution >= 4 is 11.9 Å². The molecule has 0 heterocycles. The largest absolute Gasteiger partial charge is 0.356 e. The Hall–Kier alpha value is -2.82. The third kappa shape index (κ3) is 7.94. The van der Waals surface area contributed by atoms with Gasteiger partial charge in [-0.2, -0.15) is 0 Å². The van der Waals surface area contributed by atoms with Crippen LogP contribution in [-0.2, 0) is 17.6 Å². The van der Waals surface area contributed by atoms with Crippen LogP contribution in [-0.4, -0.2) is 38.5 Å². The molecule has 2 rings (SSSR count). The number of guanidine groups is 1. The van der Waals surface area contributed by atoms with E-state index in [2.05, 4.69) is 65.1 Å². The van der Waals surface area contributed by atoms with Crippen LogP contribution < -0.4 is 16.0 Å². The van der Waals surface area contributed by atoms with Crippen molar-refractivity contribution in [3.63, 3.8) is 0 Å². The zero-order valence-electron chi connectivity index (χ0n) is 16.5. The molecule has 5 heteroatoms. The van der Waals surface area contributed by atoms with E-state index in [0.717, 1.165) is 19.4 Å². The number of hydrogen-bond acceptors (Lipinski definition) is 2. The molecule has 0 aliphatic carbocycles. The van der Waals surface area contributed by atoms with E-state index >= 15 is 0 Å². The first-order valence-corrected chi connectivity index (χ1v) is 9.39. The Bertz CT molecular complexity index is 736. The summed E-state index contributed by atoms with van der Waals surface area (Å²) in [7, 11) is 1.71. The van der Waals surface area contributed by atoms with Gasteiger partial charge in [-0.1, -0.05) is 59.7 Å². The molecule has 0 unspecified atom stereocenters. The van der Waals surface area contributed by atoms with Gasteiger partial charge in [-0.25, -0.2) is 0 Å². The zero-order valence-corrected chi connectivity index (χ0v) is 16.5. The molecular formula is C22H30N4O. The molecule has 144 valence electrons. The highest BCUT2D eigenvalue weighted by Gasteiger charge is 2.04. The van der Waals surface area contributed by atoms with Crippen LogP contribution in [0.3, 0.4) is 0 Å². The Balaban J connectivity index is 1.65. The lowest BCUT2D eigenvalue weighted by atomic mass is 10.1. The van der Waals surface area contributed by atoms with Crippen LogP contribution in [0.25, 0.3) is 0 Å². The lowest BCUT2D eigenvalue weighted by Crippen LogP contribution is -2.44. The Morgan fingerprint density at radius 2 is 1.48 bits per heavy atom. The summed E-state index contributed by atoms with van der Waals surface area (Å²) in [5.74, 6) is 0.598. The van der Waals surface area contributed by atoms with Gasteiger partial charge in [-0.05, 0) is 37.8 Å². The van der Waals surface area contributed by atoms with E-state index in [-0.39, 0.29) is 12.5 Å². The van der Waals surface area contributed by atoms with Crippen molar-refractivity contribution in [3.8, 4) is 0 Å². The second kappa shape index (κ2) is 11.0. The van der Waals surface area contributed by atoms with E-state index in [0.29, 0.717) is 12.5 Å². The highest BCUT2D eigenvalue weighted by Crippen LogP contribution is 2.08. The van der Waals surface area contributed by atoms with Gasteiger partial charge < -0.3 is 16.0 Å². The summed E-state index contributed by atoms with van der Waals surface area (Å²) < 4.78 is 0. The third-order valence-electron chi connectivity index (χ3n) is 4.21.